The first-order valence-corrected chi connectivity index (χ1v) is 16.1. The van der Waals surface area contributed by atoms with Gasteiger partial charge in [0.1, 0.15) is 11.2 Å². The Bertz CT molecular complexity index is 2760. The van der Waals surface area contributed by atoms with Crippen molar-refractivity contribution < 1.29 is 4.42 Å². The van der Waals surface area contributed by atoms with E-state index in [2.05, 4.69) is 150 Å². The summed E-state index contributed by atoms with van der Waals surface area (Å²) in [5, 5.41) is 7.33. The van der Waals surface area contributed by atoms with E-state index in [0.717, 1.165) is 38.8 Å². The third kappa shape index (κ3) is 3.56. The van der Waals surface area contributed by atoms with Crippen LogP contribution in [0.3, 0.4) is 0 Å². The number of benzene rings is 7. The summed E-state index contributed by atoms with van der Waals surface area (Å²) in [5.74, 6) is 0. The van der Waals surface area contributed by atoms with Crippen molar-refractivity contribution in [1.29, 1.82) is 0 Å². The predicted molar refractivity (Wildman–Crippen MR) is 192 cm³/mol. The lowest BCUT2D eigenvalue weighted by Gasteiger charge is -2.12. The molecule has 0 aliphatic heterocycles. The molecule has 0 bridgehead atoms. The van der Waals surface area contributed by atoms with Gasteiger partial charge in [-0.3, -0.25) is 0 Å². The quantitative estimate of drug-likeness (QED) is 0.200. The van der Waals surface area contributed by atoms with Gasteiger partial charge >= 0.3 is 0 Å². The number of thiophene rings is 1. The molecular weight excluding hydrogens is 567 g/mol. The van der Waals surface area contributed by atoms with Crippen LogP contribution in [0.4, 0.5) is 0 Å². The molecule has 0 aliphatic carbocycles. The van der Waals surface area contributed by atoms with Crippen LogP contribution in [0.25, 0.3) is 91.9 Å². The van der Waals surface area contributed by atoms with Crippen LogP contribution >= 0.6 is 11.3 Å². The zero-order valence-corrected chi connectivity index (χ0v) is 25.0. The number of furan rings is 1. The summed E-state index contributed by atoms with van der Waals surface area (Å²) in [6.45, 7) is 0. The number of nitrogens with zero attached hydrogens (tertiary/aromatic N) is 1. The van der Waals surface area contributed by atoms with E-state index in [1.807, 2.05) is 17.4 Å². The molecule has 10 aromatic rings. The van der Waals surface area contributed by atoms with Gasteiger partial charge in [-0.25, -0.2) is 0 Å². The molecule has 7 aromatic carbocycles. The van der Waals surface area contributed by atoms with Crippen molar-refractivity contribution in [2.45, 2.75) is 0 Å². The van der Waals surface area contributed by atoms with Gasteiger partial charge in [-0.05, 0) is 53.1 Å². The molecule has 10 rings (SSSR count). The first-order chi connectivity index (χ1) is 22.3. The average Bonchev–Trinajstić information content (AvgIpc) is 3.77. The Morgan fingerprint density at radius 1 is 0.489 bits per heavy atom. The van der Waals surface area contributed by atoms with E-state index in [-0.39, 0.29) is 0 Å². The van der Waals surface area contributed by atoms with Crippen molar-refractivity contribution in [2.75, 3.05) is 0 Å². The lowest BCUT2D eigenvalue weighted by atomic mass is 9.96. The fourth-order valence-corrected chi connectivity index (χ4v) is 8.49. The van der Waals surface area contributed by atoms with Gasteiger partial charge in [0.25, 0.3) is 0 Å². The average molecular weight is 592 g/mol. The van der Waals surface area contributed by atoms with Crippen LogP contribution in [-0.2, 0) is 0 Å². The molecule has 0 fully saturated rings. The molecule has 0 aliphatic rings. The molecule has 0 N–H and O–H groups in total. The van der Waals surface area contributed by atoms with Gasteiger partial charge < -0.3 is 8.98 Å². The maximum atomic E-state index is 6.64. The Labute approximate surface area is 263 Å². The van der Waals surface area contributed by atoms with Crippen LogP contribution in [0.1, 0.15) is 0 Å². The molecule has 0 unspecified atom stereocenters. The smallest absolute Gasteiger partial charge is 0.144 e. The van der Waals surface area contributed by atoms with E-state index in [0.29, 0.717) is 0 Å². The minimum atomic E-state index is 0.909. The van der Waals surface area contributed by atoms with Crippen LogP contribution in [-0.4, -0.2) is 4.57 Å². The van der Waals surface area contributed by atoms with E-state index in [4.69, 9.17) is 4.42 Å². The van der Waals surface area contributed by atoms with E-state index in [1.165, 1.54) is 53.1 Å². The normalized spacial score (nSPS) is 12.0. The molecule has 3 heterocycles. The van der Waals surface area contributed by atoms with Gasteiger partial charge in [0.05, 0.1) is 11.0 Å². The van der Waals surface area contributed by atoms with Gasteiger partial charge in [-0.1, -0.05) is 115 Å². The summed E-state index contributed by atoms with van der Waals surface area (Å²) in [4.78, 5) is 0. The largest absolute Gasteiger partial charge is 0.455 e. The molecule has 3 aromatic heterocycles. The van der Waals surface area contributed by atoms with Gasteiger partial charge in [0, 0.05) is 53.0 Å². The summed E-state index contributed by atoms with van der Waals surface area (Å²) in [5.41, 5.74) is 10.1. The Morgan fingerprint density at radius 2 is 1.20 bits per heavy atom. The number of hydrogen-bond donors (Lipinski definition) is 0. The highest BCUT2D eigenvalue weighted by Crippen LogP contribution is 2.46. The summed E-state index contributed by atoms with van der Waals surface area (Å²) in [6.07, 6.45) is 0. The van der Waals surface area contributed by atoms with Crippen LogP contribution < -0.4 is 0 Å². The topological polar surface area (TPSA) is 18.1 Å². The Kier molecular flexibility index (Phi) is 5.19. The summed E-state index contributed by atoms with van der Waals surface area (Å²) >= 11 is 1.88. The van der Waals surface area contributed by atoms with Crippen molar-refractivity contribution in [3.8, 4) is 27.9 Å². The monoisotopic (exact) mass is 591 g/mol. The Hall–Kier alpha value is -5.64. The fraction of sp³-hybridized carbons (Fsp3) is 0. The van der Waals surface area contributed by atoms with E-state index in [9.17, 15) is 0 Å². The Balaban J connectivity index is 1.31. The SMILES string of the molecule is c1ccc(-c2c3oc4ccccc4c3cc3c2c2ccccc2n3-c2cccc(-c3cccc4c3sc3ccccc34)c2)cc1. The molecule has 0 atom stereocenters. The Morgan fingerprint density at radius 3 is 2.11 bits per heavy atom. The number of fused-ring (bicyclic) bond motifs is 9. The lowest BCUT2D eigenvalue weighted by molar-refractivity contribution is 0.670. The number of aromatic nitrogens is 1. The van der Waals surface area contributed by atoms with E-state index in [1.54, 1.807) is 0 Å². The molecule has 210 valence electrons. The fourth-order valence-electron chi connectivity index (χ4n) is 7.25. The number of para-hydroxylation sites is 2. The van der Waals surface area contributed by atoms with Crippen LogP contribution in [0.15, 0.2) is 156 Å². The van der Waals surface area contributed by atoms with Crippen molar-refractivity contribution in [2.24, 2.45) is 0 Å². The molecule has 0 saturated carbocycles. The predicted octanol–water partition coefficient (Wildman–Crippen LogP) is 12.4. The zero-order chi connectivity index (χ0) is 29.5. The van der Waals surface area contributed by atoms with Crippen molar-refractivity contribution >= 4 is 75.3 Å². The van der Waals surface area contributed by atoms with Gasteiger partial charge in [-0.2, -0.15) is 0 Å². The number of hydrogen-bond acceptors (Lipinski definition) is 2. The molecule has 0 amide bonds. The molecule has 2 nitrogen and oxygen atoms in total. The minimum absolute atomic E-state index is 0.909. The van der Waals surface area contributed by atoms with E-state index >= 15 is 0 Å². The summed E-state index contributed by atoms with van der Waals surface area (Å²) < 4.78 is 11.7. The molecule has 3 heteroatoms. The molecule has 45 heavy (non-hydrogen) atoms. The third-order valence-corrected chi connectivity index (χ3v) is 10.4. The van der Waals surface area contributed by atoms with Gasteiger partial charge in [-0.15, -0.1) is 11.3 Å². The van der Waals surface area contributed by atoms with Gasteiger partial charge in [0.2, 0.25) is 0 Å². The first kappa shape index (κ1) is 24.8. The third-order valence-electron chi connectivity index (χ3n) is 9.19. The second-order valence-electron chi connectivity index (χ2n) is 11.7. The highest BCUT2D eigenvalue weighted by Gasteiger charge is 2.22. The minimum Gasteiger partial charge on any atom is -0.455 e. The van der Waals surface area contributed by atoms with Crippen molar-refractivity contribution in [1.82, 2.24) is 4.57 Å². The van der Waals surface area contributed by atoms with Crippen LogP contribution in [0.2, 0.25) is 0 Å². The molecule has 0 spiro atoms. The lowest BCUT2D eigenvalue weighted by Crippen LogP contribution is -1.94. The summed E-state index contributed by atoms with van der Waals surface area (Å²) in [6, 6.07) is 54.6. The second kappa shape index (κ2) is 9.43. The van der Waals surface area contributed by atoms with Crippen molar-refractivity contribution in [3.63, 3.8) is 0 Å². The molecular formula is C42H25NOS. The highest BCUT2D eigenvalue weighted by atomic mass is 32.1. The van der Waals surface area contributed by atoms with Crippen LogP contribution in [0.5, 0.6) is 0 Å². The standard InChI is InChI=1S/C42H25NOS/c1-2-12-26(13-3-1)39-40-33-18-4-7-21-35(33)43(36(40)25-34-30-16-5-8-22-37(30)44-41(34)39)28-15-10-14-27(24-28)29-19-11-20-32-31-17-6-9-23-38(31)45-42(29)32/h1-25H. The zero-order valence-electron chi connectivity index (χ0n) is 24.2. The number of rotatable bonds is 3. The first-order valence-electron chi connectivity index (χ1n) is 15.3. The molecule has 0 saturated heterocycles. The molecule has 0 radical (unpaired) electrons. The van der Waals surface area contributed by atoms with E-state index < -0.39 is 0 Å². The maximum Gasteiger partial charge on any atom is 0.144 e. The van der Waals surface area contributed by atoms with Crippen molar-refractivity contribution in [3.05, 3.63) is 152 Å². The van der Waals surface area contributed by atoms with Gasteiger partial charge in [0.15, 0.2) is 0 Å². The highest BCUT2D eigenvalue weighted by molar-refractivity contribution is 7.26. The second-order valence-corrected chi connectivity index (χ2v) is 12.7. The van der Waals surface area contributed by atoms with Crippen LogP contribution in [0, 0.1) is 0 Å². The maximum absolute atomic E-state index is 6.64. The summed E-state index contributed by atoms with van der Waals surface area (Å²) in [7, 11) is 0.